The molecule has 16 heavy (non-hydrogen) atoms. The first-order valence-corrected chi connectivity index (χ1v) is 6.56. The standard InChI is InChI=1S/C9H17N.C4H10.C2H6/c1-8(2)6-5-7-10-9(3)4;1-4(2)3;1-2/h5-9H,1-4H3;4H,1-3H3;1-2H3. The fourth-order valence-corrected chi connectivity index (χ4v) is 0.494. The molecule has 0 aromatic carbocycles. The number of aliphatic imine (C=N–C) groups is 1. The largest absolute Gasteiger partial charge is 0.290 e. The molecule has 0 heterocycles. The Morgan fingerprint density at radius 2 is 1.19 bits per heavy atom. The molecular weight excluding hydrogens is 194 g/mol. The molecule has 98 valence electrons. The molecule has 0 aromatic heterocycles. The molecule has 1 heteroatoms. The third-order valence-corrected chi connectivity index (χ3v) is 0.966. The summed E-state index contributed by atoms with van der Waals surface area (Å²) in [6.07, 6.45) is 6.00. The number of hydrogen-bond acceptors (Lipinski definition) is 1. The Bertz CT molecular complexity index is 134. The topological polar surface area (TPSA) is 12.4 Å². The van der Waals surface area contributed by atoms with Gasteiger partial charge in [-0.05, 0) is 31.8 Å². The minimum atomic E-state index is 0.414. The summed E-state index contributed by atoms with van der Waals surface area (Å²) in [5.74, 6) is 1.46. The molecule has 0 unspecified atom stereocenters. The second-order valence-electron chi connectivity index (χ2n) is 4.75. The second kappa shape index (κ2) is 16.8. The van der Waals surface area contributed by atoms with Crippen molar-refractivity contribution in [2.75, 3.05) is 0 Å². The summed E-state index contributed by atoms with van der Waals surface area (Å²) in [6, 6.07) is 0.414. The average molecular weight is 227 g/mol. The van der Waals surface area contributed by atoms with E-state index in [1.165, 1.54) is 0 Å². The zero-order valence-corrected chi connectivity index (χ0v) is 12.9. The van der Waals surface area contributed by atoms with E-state index in [9.17, 15) is 0 Å². The van der Waals surface area contributed by atoms with Crippen LogP contribution in [0.1, 0.15) is 62.3 Å². The molecule has 0 radical (unpaired) electrons. The molecule has 0 spiro atoms. The van der Waals surface area contributed by atoms with Crippen molar-refractivity contribution in [3.63, 3.8) is 0 Å². The van der Waals surface area contributed by atoms with Crippen LogP contribution >= 0.6 is 0 Å². The van der Waals surface area contributed by atoms with Crippen molar-refractivity contribution in [1.82, 2.24) is 0 Å². The van der Waals surface area contributed by atoms with Gasteiger partial charge in [-0.2, -0.15) is 0 Å². The smallest absolute Gasteiger partial charge is 0.0443 e. The monoisotopic (exact) mass is 227 g/mol. The molecule has 0 saturated carbocycles. The molecule has 0 saturated heterocycles. The van der Waals surface area contributed by atoms with E-state index >= 15 is 0 Å². The predicted molar refractivity (Wildman–Crippen MR) is 79.5 cm³/mol. The van der Waals surface area contributed by atoms with Crippen LogP contribution in [-0.4, -0.2) is 12.3 Å². The van der Waals surface area contributed by atoms with E-state index in [-0.39, 0.29) is 0 Å². The average Bonchev–Trinajstić information content (AvgIpc) is 2.14. The number of nitrogens with zero attached hydrogens (tertiary/aromatic N) is 1. The molecule has 0 fully saturated rings. The SMILES string of the molecule is CC.CC(C)C.CC(C)C=CC=NC(C)C. The first kappa shape index (κ1) is 20.8. The van der Waals surface area contributed by atoms with Gasteiger partial charge in [0.25, 0.3) is 0 Å². The van der Waals surface area contributed by atoms with E-state index in [1.807, 2.05) is 26.1 Å². The highest BCUT2D eigenvalue weighted by Gasteiger charge is 1.82. The van der Waals surface area contributed by atoms with Gasteiger partial charge in [0.05, 0.1) is 0 Å². The van der Waals surface area contributed by atoms with Crippen molar-refractivity contribution in [2.24, 2.45) is 16.8 Å². The van der Waals surface area contributed by atoms with E-state index in [0.29, 0.717) is 12.0 Å². The van der Waals surface area contributed by atoms with Crippen LogP contribution in [0.2, 0.25) is 0 Å². The Morgan fingerprint density at radius 1 is 0.812 bits per heavy atom. The molecule has 0 rings (SSSR count). The lowest BCUT2D eigenvalue weighted by molar-refractivity contribution is 0.737. The summed E-state index contributed by atoms with van der Waals surface area (Å²) in [5.41, 5.74) is 0. The van der Waals surface area contributed by atoms with Gasteiger partial charge in [0.2, 0.25) is 0 Å². The van der Waals surface area contributed by atoms with E-state index in [2.05, 4.69) is 59.5 Å². The highest BCUT2D eigenvalue weighted by atomic mass is 14.7. The van der Waals surface area contributed by atoms with Gasteiger partial charge in [0.1, 0.15) is 0 Å². The van der Waals surface area contributed by atoms with Gasteiger partial charge in [-0.25, -0.2) is 0 Å². The Labute approximate surface area is 104 Å². The quantitative estimate of drug-likeness (QED) is 0.575. The molecule has 0 aliphatic heterocycles. The third-order valence-electron chi connectivity index (χ3n) is 0.966. The second-order valence-corrected chi connectivity index (χ2v) is 4.75. The lowest BCUT2D eigenvalue weighted by Crippen LogP contribution is -1.87. The normalized spacial score (nSPS) is 10.8. The van der Waals surface area contributed by atoms with E-state index in [1.54, 1.807) is 0 Å². The molecule has 0 aromatic rings. The summed E-state index contributed by atoms with van der Waals surface area (Å²) in [4.78, 5) is 4.18. The van der Waals surface area contributed by atoms with Gasteiger partial charge in [-0.15, -0.1) is 0 Å². The highest BCUT2D eigenvalue weighted by Crippen LogP contribution is 1.91. The predicted octanol–water partition coefficient (Wildman–Crippen LogP) is 5.37. The van der Waals surface area contributed by atoms with Gasteiger partial charge < -0.3 is 0 Å². The van der Waals surface area contributed by atoms with Crippen LogP contribution in [0.5, 0.6) is 0 Å². The number of hydrogen-bond donors (Lipinski definition) is 0. The van der Waals surface area contributed by atoms with Crippen molar-refractivity contribution < 1.29 is 0 Å². The highest BCUT2D eigenvalue weighted by molar-refractivity contribution is 5.71. The minimum Gasteiger partial charge on any atom is -0.290 e. The third kappa shape index (κ3) is 50.3. The minimum absolute atomic E-state index is 0.414. The zero-order valence-electron chi connectivity index (χ0n) is 12.9. The maximum absolute atomic E-state index is 4.18. The maximum Gasteiger partial charge on any atom is 0.0443 e. The molecular formula is C15H33N. The molecule has 0 aliphatic rings. The van der Waals surface area contributed by atoms with Crippen LogP contribution in [0.4, 0.5) is 0 Å². The Hall–Kier alpha value is -0.590. The first-order valence-electron chi connectivity index (χ1n) is 6.56. The van der Waals surface area contributed by atoms with Crippen LogP contribution < -0.4 is 0 Å². The van der Waals surface area contributed by atoms with Gasteiger partial charge >= 0.3 is 0 Å². The molecule has 0 atom stereocenters. The van der Waals surface area contributed by atoms with Crippen LogP contribution in [0.3, 0.4) is 0 Å². The van der Waals surface area contributed by atoms with Gasteiger partial charge in [0.15, 0.2) is 0 Å². The van der Waals surface area contributed by atoms with Gasteiger partial charge in [0, 0.05) is 12.3 Å². The summed E-state index contributed by atoms with van der Waals surface area (Å²) in [6.45, 7) is 18.9. The van der Waals surface area contributed by atoms with E-state index in [4.69, 9.17) is 0 Å². The van der Waals surface area contributed by atoms with Crippen LogP contribution in [-0.2, 0) is 0 Å². The molecule has 0 N–H and O–H groups in total. The van der Waals surface area contributed by atoms with Crippen molar-refractivity contribution in [3.05, 3.63) is 12.2 Å². The van der Waals surface area contributed by atoms with E-state index in [0.717, 1.165) is 5.92 Å². The fourth-order valence-electron chi connectivity index (χ4n) is 0.494. The maximum atomic E-state index is 4.18. The summed E-state index contributed by atoms with van der Waals surface area (Å²) < 4.78 is 0. The zero-order chi connectivity index (χ0) is 13.6. The molecule has 0 aliphatic carbocycles. The van der Waals surface area contributed by atoms with Crippen molar-refractivity contribution >= 4 is 6.21 Å². The number of rotatable bonds is 3. The van der Waals surface area contributed by atoms with Crippen LogP contribution in [0.25, 0.3) is 0 Å². The van der Waals surface area contributed by atoms with Crippen molar-refractivity contribution in [1.29, 1.82) is 0 Å². The Kier molecular flexibility index (Phi) is 21.8. The Morgan fingerprint density at radius 3 is 1.44 bits per heavy atom. The van der Waals surface area contributed by atoms with Crippen LogP contribution in [0.15, 0.2) is 17.1 Å². The Balaban J connectivity index is -0.000000237. The van der Waals surface area contributed by atoms with Crippen molar-refractivity contribution in [2.45, 2.75) is 68.4 Å². The van der Waals surface area contributed by atoms with E-state index < -0.39 is 0 Å². The van der Waals surface area contributed by atoms with Crippen molar-refractivity contribution in [3.8, 4) is 0 Å². The number of allylic oxidation sites excluding steroid dienone is 2. The lowest BCUT2D eigenvalue weighted by atomic mass is 10.2. The van der Waals surface area contributed by atoms with Gasteiger partial charge in [-0.1, -0.05) is 54.5 Å². The summed E-state index contributed by atoms with van der Waals surface area (Å²) >= 11 is 0. The molecule has 1 nitrogen and oxygen atoms in total. The molecule has 0 bridgehead atoms. The molecule has 0 amide bonds. The lowest BCUT2D eigenvalue weighted by Gasteiger charge is -1.92. The summed E-state index contributed by atoms with van der Waals surface area (Å²) in [7, 11) is 0. The van der Waals surface area contributed by atoms with Gasteiger partial charge in [-0.3, -0.25) is 4.99 Å². The first-order chi connectivity index (χ1) is 7.36. The fraction of sp³-hybridized carbons (Fsp3) is 0.800. The summed E-state index contributed by atoms with van der Waals surface area (Å²) in [5, 5.41) is 0. The van der Waals surface area contributed by atoms with Crippen LogP contribution in [0, 0.1) is 11.8 Å².